The van der Waals surface area contributed by atoms with E-state index < -0.39 is 11.9 Å². The smallest absolute Gasteiger partial charge is 0.338 e. The van der Waals surface area contributed by atoms with Crippen molar-refractivity contribution in [2.45, 2.75) is 48.7 Å². The van der Waals surface area contributed by atoms with Gasteiger partial charge in [0.15, 0.2) is 10.1 Å². The Hall–Kier alpha value is -4.88. The summed E-state index contributed by atoms with van der Waals surface area (Å²) in [4.78, 5) is 51.9. The van der Waals surface area contributed by atoms with E-state index in [9.17, 15) is 19.2 Å². The van der Waals surface area contributed by atoms with Crippen LogP contribution in [0.5, 0.6) is 11.5 Å². The maximum atomic E-state index is 11.5. The molecule has 0 amide bonds. The van der Waals surface area contributed by atoms with Crippen molar-refractivity contribution in [2.24, 2.45) is 0 Å². The number of halogens is 6. The molecule has 7 aromatic carbocycles. The van der Waals surface area contributed by atoms with Gasteiger partial charge in [-0.3, -0.25) is 0 Å². The normalized spacial score (nSPS) is 9.83. The molecule has 0 fully saturated rings. The molecular weight excluding hydrogens is 1750 g/mol. The maximum absolute atomic E-state index is 11.5. The molecule has 8 rings (SSSR count). The van der Waals surface area contributed by atoms with Gasteiger partial charge in [-0.1, -0.05) is 222 Å². The Bertz CT molecular complexity index is 4040. The van der Waals surface area contributed by atoms with Gasteiger partial charge in [0.2, 0.25) is 0 Å². The van der Waals surface area contributed by atoms with Gasteiger partial charge >= 0.3 is 23.9 Å². The maximum Gasteiger partial charge on any atom is 0.338 e. The average molecular weight is 1820 g/mol. The van der Waals surface area contributed by atoms with Crippen molar-refractivity contribution in [2.75, 3.05) is 31.0 Å². The summed E-state index contributed by atoms with van der Waals surface area (Å²) >= 11 is 40.3. The Balaban J connectivity index is 0.000000303. The summed E-state index contributed by atoms with van der Waals surface area (Å²) in [6.07, 6.45) is 5.64. The Morgan fingerprint density at radius 2 is 1.07 bits per heavy atom. The van der Waals surface area contributed by atoms with Crippen LogP contribution < -0.4 is 9.47 Å². The van der Waals surface area contributed by atoms with E-state index in [1.165, 1.54) is 21.4 Å². The van der Waals surface area contributed by atoms with Crippen molar-refractivity contribution in [1.29, 1.82) is 0 Å². The minimum absolute atomic E-state index is 0.333. The van der Waals surface area contributed by atoms with E-state index in [0.717, 1.165) is 67.5 Å². The average Bonchev–Trinajstić information content (AvgIpc) is 0.997. The number of carbonyl (C=O) groups excluding carboxylic acids is 4. The van der Waals surface area contributed by atoms with Gasteiger partial charge in [0.1, 0.15) is 26.0 Å². The van der Waals surface area contributed by atoms with Crippen LogP contribution in [0.4, 0.5) is 0 Å². The fourth-order valence-corrected chi connectivity index (χ4v) is 15.5. The number of rotatable bonds is 17. The fraction of sp³-hybridized carbons (Fsp3) is 0.137. The highest BCUT2D eigenvalue weighted by molar-refractivity contribution is 9.14. The molecule has 0 aliphatic rings. The molecule has 0 N–H and O–H groups in total. The topological polar surface area (TPSA) is 118 Å². The molecule has 0 aliphatic carbocycles. The van der Waals surface area contributed by atoms with Gasteiger partial charge in [0.25, 0.3) is 0 Å². The molecule has 0 bridgehead atoms. The number of aromatic nitrogens is 1. The van der Waals surface area contributed by atoms with Gasteiger partial charge in [-0.05, 0) is 206 Å². The molecule has 9 nitrogen and oxygen atoms in total. The number of nitrogens with zero attached hydrogens (tertiary/aromatic N) is 1. The molecule has 0 saturated heterocycles. The zero-order chi connectivity index (χ0) is 71.3. The van der Waals surface area contributed by atoms with Crippen LogP contribution in [0.25, 0.3) is 22.4 Å². The third kappa shape index (κ3) is 33.3. The van der Waals surface area contributed by atoms with E-state index in [-0.39, 0.29) is 11.9 Å². The van der Waals surface area contributed by atoms with Gasteiger partial charge in [-0.25, -0.2) is 24.2 Å². The molecule has 500 valence electrons. The second-order valence-corrected chi connectivity index (χ2v) is 32.8. The molecule has 0 saturated carbocycles. The lowest BCUT2D eigenvalue weighted by molar-refractivity contribution is -0.139. The first-order chi connectivity index (χ1) is 45.7. The number of hydrogen-bond donors (Lipinski definition) is 0. The zero-order valence-electron chi connectivity index (χ0n) is 52.9. The SMILES string of the molecule is C=C(C)C(=O)OCCSC(=S)Sc1ccccc1.C=C(C)C(=O)OCCSc1nc2ccccc2s1.C=C(C)C(=O)Oc1c(Br)c(C)c(Br)c(Br)c1Br.C=C(C)C(=O)Oc1ccc(C#Cc2ccccc2)cc1.C=Cc1ccc(Br)cc1Br.C=Cc1ccc(SC(=S)SC)cc1. The highest BCUT2D eigenvalue weighted by Crippen LogP contribution is 2.46. The van der Waals surface area contributed by atoms with Crippen LogP contribution in [0.1, 0.15) is 55.5 Å². The van der Waals surface area contributed by atoms with Gasteiger partial charge in [0, 0.05) is 68.1 Å². The Morgan fingerprint density at radius 3 is 1.60 bits per heavy atom. The van der Waals surface area contributed by atoms with E-state index in [2.05, 4.69) is 170 Å². The van der Waals surface area contributed by atoms with E-state index in [1.54, 1.807) is 98.2 Å². The van der Waals surface area contributed by atoms with Crippen LogP contribution in [-0.2, 0) is 28.7 Å². The number of benzene rings is 7. The number of thiocarbonyl (C=S) groups is 2. The number of esters is 4. The minimum atomic E-state index is -0.458. The van der Waals surface area contributed by atoms with Gasteiger partial charge in [-0.2, -0.15) is 0 Å². The quantitative estimate of drug-likeness (QED) is 0.00989. The van der Waals surface area contributed by atoms with Crippen molar-refractivity contribution in [1.82, 2.24) is 4.98 Å². The van der Waals surface area contributed by atoms with Crippen molar-refractivity contribution < 1.29 is 38.1 Å². The summed E-state index contributed by atoms with van der Waals surface area (Å²) < 4.78 is 29.5. The Kier molecular flexibility index (Phi) is 42.0. The van der Waals surface area contributed by atoms with Crippen molar-refractivity contribution in [3.63, 3.8) is 0 Å². The number of thioether (sulfide) groups is 5. The third-order valence-corrected chi connectivity index (χ3v) is 24.1. The summed E-state index contributed by atoms with van der Waals surface area (Å²) in [6, 6.07) is 49.0. The molecule has 0 radical (unpaired) electrons. The molecule has 8 aromatic rings. The van der Waals surface area contributed by atoms with Gasteiger partial charge < -0.3 is 18.9 Å². The van der Waals surface area contributed by atoms with Crippen molar-refractivity contribution in [3.05, 3.63) is 268 Å². The van der Waals surface area contributed by atoms with Crippen LogP contribution in [0.15, 0.2) is 254 Å². The molecule has 0 spiro atoms. The fourth-order valence-electron chi connectivity index (χ4n) is 6.23. The number of carbonyl (C=O) groups is 4. The molecule has 1 aromatic heterocycles. The predicted molar refractivity (Wildman–Crippen MR) is 441 cm³/mol. The number of ether oxygens (including phenoxy) is 4. The molecule has 0 atom stereocenters. The number of thiazole rings is 1. The molecule has 96 heavy (non-hydrogen) atoms. The third-order valence-electron chi connectivity index (χ3n) is 11.2. The second kappa shape index (κ2) is 47.2. The van der Waals surface area contributed by atoms with Crippen LogP contribution in [0, 0.1) is 18.8 Å². The zero-order valence-corrected chi connectivity index (χ0v) is 69.0. The number of para-hydroxylation sites is 1. The van der Waals surface area contributed by atoms with Gasteiger partial charge in [-0.15, -0.1) is 34.9 Å². The standard InChI is InChI=1S/C18H14O2.C13H13NO2S2.C13H14O2S3.C11H8Br4O2.C10H10S3.C8H6Br2/c1-14(2)18(19)20-17-12-10-16(11-13-17)9-8-15-6-4-3-5-7-15;1-9(2)12(15)16-7-8-17-13-14-10-5-3-4-6-11(10)18-13;1-10(2)12(14)15-8-9-17-13(16)18-11-6-4-3-5-7-11;1-4(2)11(16)17-10-7(13)5(3)6(12)8(14)9(10)15;1-3-8-4-6-9(7-5-8)13-10(11)12-2;1-2-6-3-4-7(9)5-8(6)10/h3-7,10-13H,1H2,2H3;3-6H,1,7-8H2,2H3;3-7H,1,8-9H2,2H3;1H2,2-3H3;3-7H,1H2,2H3;2-5H,1H2. The van der Waals surface area contributed by atoms with Crippen LogP contribution in [0.2, 0.25) is 0 Å². The Labute approximate surface area is 650 Å². The Morgan fingerprint density at radius 1 is 0.562 bits per heavy atom. The van der Waals surface area contributed by atoms with Crippen molar-refractivity contribution in [3.8, 4) is 23.3 Å². The van der Waals surface area contributed by atoms with Crippen LogP contribution >= 0.6 is 190 Å². The monoisotopic (exact) mass is 1810 g/mol. The van der Waals surface area contributed by atoms with E-state index >= 15 is 0 Å². The summed E-state index contributed by atoms with van der Waals surface area (Å²) in [5.41, 5.74) is 7.60. The van der Waals surface area contributed by atoms with Crippen molar-refractivity contribution >= 4 is 243 Å². The first-order valence-corrected chi connectivity index (χ1v) is 39.2. The molecule has 1 heterocycles. The lowest BCUT2D eigenvalue weighted by Gasteiger charge is -2.14. The van der Waals surface area contributed by atoms with E-state index in [4.69, 9.17) is 43.4 Å². The minimum Gasteiger partial charge on any atom is -0.461 e. The second-order valence-electron chi connectivity index (χ2n) is 19.0. The van der Waals surface area contributed by atoms with Crippen LogP contribution in [0.3, 0.4) is 0 Å². The van der Waals surface area contributed by atoms with E-state index in [0.29, 0.717) is 67.5 Å². The van der Waals surface area contributed by atoms with Crippen LogP contribution in [-0.4, -0.2) is 66.9 Å². The highest BCUT2D eigenvalue weighted by atomic mass is 79.9. The highest BCUT2D eigenvalue weighted by Gasteiger charge is 2.20. The lowest BCUT2D eigenvalue weighted by atomic mass is 10.2. The first kappa shape index (κ1) is 85.3. The first-order valence-electron chi connectivity index (χ1n) is 28.0. The molecule has 23 heteroatoms. The summed E-state index contributed by atoms with van der Waals surface area (Å²) in [5.74, 6) is 6.86. The lowest BCUT2D eigenvalue weighted by Crippen LogP contribution is -2.09. The predicted octanol–water partition coefficient (Wildman–Crippen LogP) is 24.4. The number of fused-ring (bicyclic) bond motifs is 1. The number of hydrogen-bond acceptors (Lipinski definition) is 17. The van der Waals surface area contributed by atoms with E-state index in [1.807, 2.05) is 147 Å². The largest absolute Gasteiger partial charge is 0.461 e. The summed E-state index contributed by atoms with van der Waals surface area (Å²) in [5, 5.41) is 0. The summed E-state index contributed by atoms with van der Waals surface area (Å²) in [7, 11) is 0. The van der Waals surface area contributed by atoms with Gasteiger partial charge in [0.05, 0.1) is 23.6 Å². The summed E-state index contributed by atoms with van der Waals surface area (Å²) in [6.45, 7) is 30.6. The molecule has 0 aliphatic heterocycles. The molecular formula is C73H65Br6NO8S8. The molecule has 0 unspecified atom stereocenters.